The molecule has 0 amide bonds. The Kier molecular flexibility index (Phi) is 4.55. The monoisotopic (exact) mass is 295 g/mol. The lowest BCUT2D eigenvalue weighted by Gasteiger charge is -2.32. The fourth-order valence-electron chi connectivity index (χ4n) is 2.72. The summed E-state index contributed by atoms with van der Waals surface area (Å²) in [4.78, 5) is 0. The number of benzene rings is 1. The average Bonchev–Trinajstić information content (AvgIpc) is 2.38. The van der Waals surface area contributed by atoms with E-state index in [0.29, 0.717) is 5.92 Å². The molecule has 112 valence electrons. The molecule has 0 aromatic heterocycles. The van der Waals surface area contributed by atoms with Gasteiger partial charge in [0.2, 0.25) is 10.0 Å². The maximum Gasteiger partial charge on any atom is 0.216 e. The highest BCUT2D eigenvalue weighted by molar-refractivity contribution is 7.90. The minimum atomic E-state index is -3.25. The molecule has 2 atom stereocenters. The van der Waals surface area contributed by atoms with Crippen molar-refractivity contribution in [2.24, 2.45) is 0 Å². The quantitative estimate of drug-likeness (QED) is 0.928. The minimum Gasteiger partial charge on any atom is -0.212 e. The number of hydrogen-bond donors (Lipinski definition) is 1. The van der Waals surface area contributed by atoms with Crippen LogP contribution in [0, 0.1) is 0 Å². The van der Waals surface area contributed by atoms with E-state index in [1.165, 1.54) is 5.56 Å². The molecule has 0 heterocycles. The molecule has 1 aliphatic carbocycles. The van der Waals surface area contributed by atoms with E-state index in [-0.39, 0.29) is 6.04 Å². The van der Waals surface area contributed by atoms with E-state index in [4.69, 9.17) is 0 Å². The van der Waals surface area contributed by atoms with Crippen LogP contribution in [-0.4, -0.2) is 19.2 Å². The highest BCUT2D eigenvalue weighted by atomic mass is 32.2. The molecule has 1 unspecified atom stereocenters. The van der Waals surface area contributed by atoms with Crippen LogP contribution in [0.5, 0.6) is 0 Å². The molecule has 0 spiro atoms. The smallest absolute Gasteiger partial charge is 0.212 e. The summed E-state index contributed by atoms with van der Waals surface area (Å²) in [5.41, 5.74) is 1.33. The molecule has 0 bridgehead atoms. The van der Waals surface area contributed by atoms with E-state index in [1.807, 2.05) is 6.07 Å². The Balaban J connectivity index is 2.05. The first kappa shape index (κ1) is 15.5. The maximum absolute atomic E-state index is 12.3. The van der Waals surface area contributed by atoms with E-state index in [1.54, 1.807) is 20.8 Å². The van der Waals surface area contributed by atoms with Crippen molar-refractivity contribution in [3.8, 4) is 0 Å². The van der Waals surface area contributed by atoms with Gasteiger partial charge in [0.1, 0.15) is 0 Å². The van der Waals surface area contributed by atoms with Crippen molar-refractivity contribution in [3.05, 3.63) is 35.9 Å². The van der Waals surface area contributed by atoms with Gasteiger partial charge in [0.15, 0.2) is 0 Å². The number of nitrogens with one attached hydrogen (secondary N) is 1. The lowest BCUT2D eigenvalue weighted by atomic mass is 9.82. The van der Waals surface area contributed by atoms with Crippen molar-refractivity contribution >= 4 is 10.0 Å². The fourth-order valence-corrected chi connectivity index (χ4v) is 3.73. The highest BCUT2D eigenvalue weighted by Crippen LogP contribution is 2.33. The van der Waals surface area contributed by atoms with Crippen molar-refractivity contribution in [2.45, 2.75) is 63.2 Å². The van der Waals surface area contributed by atoms with Gasteiger partial charge in [-0.15, -0.1) is 0 Å². The third kappa shape index (κ3) is 3.61. The maximum atomic E-state index is 12.3. The summed E-state index contributed by atoms with van der Waals surface area (Å²) in [6.45, 7) is 5.23. The van der Waals surface area contributed by atoms with Gasteiger partial charge in [-0.2, -0.15) is 0 Å². The largest absolute Gasteiger partial charge is 0.216 e. The molecule has 1 aromatic rings. The van der Waals surface area contributed by atoms with Crippen LogP contribution in [-0.2, 0) is 10.0 Å². The van der Waals surface area contributed by atoms with E-state index in [0.717, 1.165) is 25.7 Å². The molecule has 2 rings (SSSR count). The van der Waals surface area contributed by atoms with E-state index < -0.39 is 14.8 Å². The predicted molar refractivity (Wildman–Crippen MR) is 83.2 cm³/mol. The Morgan fingerprint density at radius 3 is 2.35 bits per heavy atom. The lowest BCUT2D eigenvalue weighted by Crippen LogP contribution is -2.46. The third-order valence-electron chi connectivity index (χ3n) is 4.07. The Morgan fingerprint density at radius 2 is 1.75 bits per heavy atom. The van der Waals surface area contributed by atoms with Crippen molar-refractivity contribution in [3.63, 3.8) is 0 Å². The van der Waals surface area contributed by atoms with Crippen molar-refractivity contribution < 1.29 is 8.42 Å². The molecule has 1 saturated carbocycles. The first-order chi connectivity index (χ1) is 9.29. The van der Waals surface area contributed by atoms with Crippen LogP contribution in [0.25, 0.3) is 0 Å². The highest BCUT2D eigenvalue weighted by Gasteiger charge is 2.33. The van der Waals surface area contributed by atoms with Gasteiger partial charge in [0.25, 0.3) is 0 Å². The molecule has 3 nitrogen and oxygen atoms in total. The molecule has 1 N–H and O–H groups in total. The predicted octanol–water partition coefficient (Wildman–Crippen LogP) is 3.43. The van der Waals surface area contributed by atoms with Gasteiger partial charge in [0.05, 0.1) is 4.75 Å². The van der Waals surface area contributed by atoms with Crippen molar-refractivity contribution in [2.75, 3.05) is 0 Å². The molecular weight excluding hydrogens is 270 g/mol. The fraction of sp³-hybridized carbons (Fsp3) is 0.625. The second-order valence-corrected chi connectivity index (χ2v) is 9.17. The summed E-state index contributed by atoms with van der Waals surface area (Å²) in [6, 6.07) is 10.5. The Bertz CT molecular complexity index is 531. The van der Waals surface area contributed by atoms with Crippen molar-refractivity contribution in [1.29, 1.82) is 0 Å². The standard InChI is InChI=1S/C16H25NO2S/c1-16(2,3)20(18,19)17-15-11-7-10-14(12-15)13-8-5-4-6-9-13/h4-6,8-9,14-15,17H,7,10-12H2,1-3H3/t14-,15?/m0/s1. The van der Waals surface area contributed by atoms with Crippen LogP contribution in [0.4, 0.5) is 0 Å². The summed E-state index contributed by atoms with van der Waals surface area (Å²) >= 11 is 0. The normalized spacial score (nSPS) is 24.6. The van der Waals surface area contributed by atoms with Gasteiger partial charge in [-0.1, -0.05) is 36.8 Å². The average molecular weight is 295 g/mol. The Morgan fingerprint density at radius 1 is 1.10 bits per heavy atom. The van der Waals surface area contributed by atoms with Gasteiger partial charge in [0, 0.05) is 6.04 Å². The van der Waals surface area contributed by atoms with Crippen molar-refractivity contribution in [1.82, 2.24) is 4.72 Å². The first-order valence-corrected chi connectivity index (χ1v) is 8.85. The van der Waals surface area contributed by atoms with Gasteiger partial charge >= 0.3 is 0 Å². The molecule has 0 saturated heterocycles. The Hall–Kier alpha value is -0.870. The molecule has 1 aromatic carbocycles. The topological polar surface area (TPSA) is 46.2 Å². The van der Waals surface area contributed by atoms with Gasteiger partial charge in [-0.25, -0.2) is 13.1 Å². The molecular formula is C16H25NO2S. The second kappa shape index (κ2) is 5.86. The summed E-state index contributed by atoms with van der Waals surface area (Å²) in [7, 11) is -3.25. The molecule has 4 heteroatoms. The van der Waals surface area contributed by atoms with Crippen LogP contribution in [0.1, 0.15) is 57.9 Å². The van der Waals surface area contributed by atoms with Crippen LogP contribution in [0.2, 0.25) is 0 Å². The molecule has 1 fully saturated rings. The van der Waals surface area contributed by atoms with E-state index in [9.17, 15) is 8.42 Å². The molecule has 20 heavy (non-hydrogen) atoms. The van der Waals surface area contributed by atoms with Crippen LogP contribution in [0.15, 0.2) is 30.3 Å². The lowest BCUT2D eigenvalue weighted by molar-refractivity contribution is 0.368. The van der Waals surface area contributed by atoms with Crippen LogP contribution < -0.4 is 4.72 Å². The number of hydrogen-bond acceptors (Lipinski definition) is 2. The molecule has 0 radical (unpaired) electrons. The van der Waals surface area contributed by atoms with Gasteiger partial charge < -0.3 is 0 Å². The number of sulfonamides is 1. The zero-order valence-corrected chi connectivity index (χ0v) is 13.4. The van der Waals surface area contributed by atoms with Gasteiger partial charge in [-0.05, 0) is 51.5 Å². The second-order valence-electron chi connectivity index (χ2n) is 6.70. The number of rotatable bonds is 3. The van der Waals surface area contributed by atoms with Crippen LogP contribution >= 0.6 is 0 Å². The van der Waals surface area contributed by atoms with E-state index in [2.05, 4.69) is 29.0 Å². The summed E-state index contributed by atoms with van der Waals surface area (Å²) < 4.78 is 26.7. The zero-order chi connectivity index (χ0) is 14.8. The zero-order valence-electron chi connectivity index (χ0n) is 12.6. The first-order valence-electron chi connectivity index (χ1n) is 7.36. The minimum absolute atomic E-state index is 0.0678. The SMILES string of the molecule is CC(C)(C)S(=O)(=O)NC1CCC[C@H](c2ccccc2)C1. The van der Waals surface area contributed by atoms with Crippen LogP contribution in [0.3, 0.4) is 0 Å². The summed E-state index contributed by atoms with van der Waals surface area (Å²) in [5, 5.41) is 0. The van der Waals surface area contributed by atoms with E-state index >= 15 is 0 Å². The summed E-state index contributed by atoms with van der Waals surface area (Å²) in [5.74, 6) is 0.470. The molecule has 1 aliphatic rings. The third-order valence-corrected chi connectivity index (χ3v) is 6.33. The summed E-state index contributed by atoms with van der Waals surface area (Å²) in [6.07, 6.45) is 4.08. The van der Waals surface area contributed by atoms with Gasteiger partial charge in [-0.3, -0.25) is 0 Å². The Labute approximate surface area is 122 Å². The molecule has 0 aliphatic heterocycles.